The number of hydrogen-bond donors (Lipinski definition) is 0. The highest BCUT2D eigenvalue weighted by atomic mass is 16.5. The Labute approximate surface area is 157 Å². The SMILES string of the molecule is CCCCCCCCC=CCCCCCCCC(=O)OCCN(C)C. The molecule has 0 saturated carbocycles. The molecular formula is C22H43NO2. The van der Waals surface area contributed by atoms with Crippen LogP contribution in [0.4, 0.5) is 0 Å². The van der Waals surface area contributed by atoms with E-state index in [1.54, 1.807) is 0 Å². The Morgan fingerprint density at radius 1 is 0.800 bits per heavy atom. The van der Waals surface area contributed by atoms with Gasteiger partial charge in [-0.1, -0.05) is 70.4 Å². The first-order chi connectivity index (χ1) is 12.2. The number of rotatable bonds is 18. The summed E-state index contributed by atoms with van der Waals surface area (Å²) in [6.07, 6.45) is 21.9. The zero-order valence-corrected chi connectivity index (χ0v) is 17.2. The number of nitrogens with zero attached hydrogens (tertiary/aromatic N) is 1. The van der Waals surface area contributed by atoms with E-state index in [0.29, 0.717) is 13.0 Å². The van der Waals surface area contributed by atoms with E-state index in [2.05, 4.69) is 19.1 Å². The number of carbonyl (C=O) groups is 1. The number of allylic oxidation sites excluding steroid dienone is 2. The number of esters is 1. The van der Waals surface area contributed by atoms with Gasteiger partial charge in [-0.15, -0.1) is 0 Å². The molecule has 0 N–H and O–H groups in total. The molecule has 148 valence electrons. The molecule has 0 spiro atoms. The van der Waals surface area contributed by atoms with E-state index in [1.807, 2.05) is 19.0 Å². The van der Waals surface area contributed by atoms with Crippen LogP contribution >= 0.6 is 0 Å². The van der Waals surface area contributed by atoms with Crippen LogP contribution in [0.1, 0.15) is 96.8 Å². The van der Waals surface area contributed by atoms with Crippen molar-refractivity contribution >= 4 is 5.97 Å². The fraction of sp³-hybridized carbons (Fsp3) is 0.864. The third-order valence-electron chi connectivity index (χ3n) is 4.44. The summed E-state index contributed by atoms with van der Waals surface area (Å²) in [7, 11) is 3.97. The van der Waals surface area contributed by atoms with Crippen LogP contribution in [0.25, 0.3) is 0 Å². The van der Waals surface area contributed by atoms with E-state index < -0.39 is 0 Å². The Balaban J connectivity index is 3.20. The van der Waals surface area contributed by atoms with Gasteiger partial charge in [0.1, 0.15) is 6.61 Å². The van der Waals surface area contributed by atoms with Gasteiger partial charge in [0.05, 0.1) is 0 Å². The first-order valence-electron chi connectivity index (χ1n) is 10.6. The highest BCUT2D eigenvalue weighted by Gasteiger charge is 2.02. The second-order valence-corrected chi connectivity index (χ2v) is 7.36. The van der Waals surface area contributed by atoms with Crippen molar-refractivity contribution in [1.29, 1.82) is 0 Å². The Hall–Kier alpha value is -0.830. The van der Waals surface area contributed by atoms with Gasteiger partial charge in [-0.2, -0.15) is 0 Å². The summed E-state index contributed by atoms with van der Waals surface area (Å²) < 4.78 is 5.18. The van der Waals surface area contributed by atoms with E-state index in [1.165, 1.54) is 70.6 Å². The summed E-state index contributed by atoms with van der Waals surface area (Å²) >= 11 is 0. The molecule has 0 amide bonds. The molecule has 0 radical (unpaired) electrons. The molecule has 0 aliphatic heterocycles. The minimum Gasteiger partial charge on any atom is -0.464 e. The van der Waals surface area contributed by atoms with Gasteiger partial charge in [0.15, 0.2) is 0 Å². The normalized spacial score (nSPS) is 11.5. The Bertz CT molecular complexity index is 313. The topological polar surface area (TPSA) is 29.5 Å². The zero-order chi connectivity index (χ0) is 18.6. The lowest BCUT2D eigenvalue weighted by Crippen LogP contribution is -2.20. The number of likely N-dealkylation sites (N-methyl/N-ethyl adjacent to an activating group) is 1. The molecule has 3 nitrogen and oxygen atoms in total. The largest absolute Gasteiger partial charge is 0.464 e. The van der Waals surface area contributed by atoms with Crippen LogP contribution in [0.2, 0.25) is 0 Å². The molecule has 0 bridgehead atoms. The number of ether oxygens (including phenoxy) is 1. The maximum Gasteiger partial charge on any atom is 0.305 e. The quantitative estimate of drug-likeness (QED) is 0.169. The molecule has 0 heterocycles. The second-order valence-electron chi connectivity index (χ2n) is 7.36. The average molecular weight is 354 g/mol. The van der Waals surface area contributed by atoms with Gasteiger partial charge < -0.3 is 9.64 Å². The third kappa shape index (κ3) is 21.1. The summed E-state index contributed by atoms with van der Waals surface area (Å²) in [6, 6.07) is 0. The molecule has 25 heavy (non-hydrogen) atoms. The molecule has 0 unspecified atom stereocenters. The Morgan fingerprint density at radius 2 is 1.32 bits per heavy atom. The van der Waals surface area contributed by atoms with Crippen molar-refractivity contribution in [3.63, 3.8) is 0 Å². The van der Waals surface area contributed by atoms with E-state index in [-0.39, 0.29) is 5.97 Å². The van der Waals surface area contributed by atoms with Gasteiger partial charge in [-0.3, -0.25) is 4.79 Å². The van der Waals surface area contributed by atoms with E-state index in [4.69, 9.17) is 4.74 Å². The highest BCUT2D eigenvalue weighted by Crippen LogP contribution is 2.10. The number of hydrogen-bond acceptors (Lipinski definition) is 3. The first kappa shape index (κ1) is 24.2. The van der Waals surface area contributed by atoms with Gasteiger partial charge in [-0.25, -0.2) is 0 Å². The monoisotopic (exact) mass is 353 g/mol. The molecule has 0 aromatic heterocycles. The Morgan fingerprint density at radius 3 is 1.88 bits per heavy atom. The maximum atomic E-state index is 11.5. The summed E-state index contributed by atoms with van der Waals surface area (Å²) in [5, 5.41) is 0. The standard InChI is InChI=1S/C22H43NO2/c1-4-5-6-7-8-9-10-11-12-13-14-15-16-17-18-19-22(24)25-21-20-23(2)3/h11-12H,4-10,13-21H2,1-3H3. The molecular weight excluding hydrogens is 310 g/mol. The summed E-state index contributed by atoms with van der Waals surface area (Å²) in [4.78, 5) is 13.5. The molecule has 0 saturated heterocycles. The number of unbranched alkanes of at least 4 members (excludes halogenated alkanes) is 11. The Kier molecular flexibility index (Phi) is 18.8. The second kappa shape index (κ2) is 19.5. The van der Waals surface area contributed by atoms with Gasteiger partial charge in [0.2, 0.25) is 0 Å². The highest BCUT2D eigenvalue weighted by molar-refractivity contribution is 5.69. The van der Waals surface area contributed by atoms with Crippen LogP contribution in [-0.4, -0.2) is 38.1 Å². The van der Waals surface area contributed by atoms with Crippen molar-refractivity contribution in [3.05, 3.63) is 12.2 Å². The van der Waals surface area contributed by atoms with Crippen molar-refractivity contribution in [3.8, 4) is 0 Å². The summed E-state index contributed by atoms with van der Waals surface area (Å²) in [6.45, 7) is 3.58. The van der Waals surface area contributed by atoms with Crippen LogP contribution in [-0.2, 0) is 9.53 Å². The molecule has 0 atom stereocenters. The maximum absolute atomic E-state index is 11.5. The van der Waals surface area contributed by atoms with Gasteiger partial charge in [-0.05, 0) is 46.2 Å². The van der Waals surface area contributed by atoms with Crippen LogP contribution in [0, 0.1) is 0 Å². The molecule has 0 aliphatic rings. The van der Waals surface area contributed by atoms with Crippen molar-refractivity contribution in [2.45, 2.75) is 96.8 Å². The van der Waals surface area contributed by atoms with Crippen LogP contribution in [0.15, 0.2) is 12.2 Å². The molecule has 0 aromatic carbocycles. The average Bonchev–Trinajstić information content (AvgIpc) is 2.58. The number of carbonyl (C=O) groups excluding carboxylic acids is 1. The summed E-state index contributed by atoms with van der Waals surface area (Å²) in [5.74, 6) is -0.0422. The minimum atomic E-state index is -0.0422. The van der Waals surface area contributed by atoms with Crippen LogP contribution in [0.5, 0.6) is 0 Å². The molecule has 0 fully saturated rings. The summed E-state index contributed by atoms with van der Waals surface area (Å²) in [5.41, 5.74) is 0. The first-order valence-corrected chi connectivity index (χ1v) is 10.6. The molecule has 3 heteroatoms. The lowest BCUT2D eigenvalue weighted by atomic mass is 10.1. The molecule has 0 rings (SSSR count). The fourth-order valence-corrected chi connectivity index (χ4v) is 2.75. The molecule has 0 aliphatic carbocycles. The fourth-order valence-electron chi connectivity index (χ4n) is 2.75. The smallest absolute Gasteiger partial charge is 0.305 e. The van der Waals surface area contributed by atoms with E-state index in [0.717, 1.165) is 19.4 Å². The lowest BCUT2D eigenvalue weighted by Gasteiger charge is -2.09. The lowest BCUT2D eigenvalue weighted by molar-refractivity contribution is -0.144. The van der Waals surface area contributed by atoms with Crippen LogP contribution in [0.3, 0.4) is 0 Å². The third-order valence-corrected chi connectivity index (χ3v) is 4.44. The van der Waals surface area contributed by atoms with E-state index >= 15 is 0 Å². The van der Waals surface area contributed by atoms with Crippen molar-refractivity contribution in [2.75, 3.05) is 27.2 Å². The minimum absolute atomic E-state index is 0.0422. The van der Waals surface area contributed by atoms with Crippen LogP contribution < -0.4 is 0 Å². The van der Waals surface area contributed by atoms with E-state index in [9.17, 15) is 4.79 Å². The molecule has 0 aromatic rings. The predicted octanol–water partition coefficient (Wildman–Crippen LogP) is 6.13. The van der Waals surface area contributed by atoms with Crippen molar-refractivity contribution in [2.24, 2.45) is 0 Å². The van der Waals surface area contributed by atoms with Gasteiger partial charge in [0.25, 0.3) is 0 Å². The zero-order valence-electron chi connectivity index (χ0n) is 17.2. The van der Waals surface area contributed by atoms with Gasteiger partial charge >= 0.3 is 5.97 Å². The van der Waals surface area contributed by atoms with Gasteiger partial charge in [0, 0.05) is 13.0 Å². The predicted molar refractivity (Wildman–Crippen MR) is 109 cm³/mol. The van der Waals surface area contributed by atoms with Crippen molar-refractivity contribution < 1.29 is 9.53 Å². The van der Waals surface area contributed by atoms with Crippen molar-refractivity contribution in [1.82, 2.24) is 4.90 Å².